The first-order valence-corrected chi connectivity index (χ1v) is 9.22. The summed E-state index contributed by atoms with van der Waals surface area (Å²) in [5.74, 6) is 0. The van der Waals surface area contributed by atoms with Gasteiger partial charge < -0.3 is 15.7 Å². The van der Waals surface area contributed by atoms with Crippen molar-refractivity contribution in [3.8, 4) is 0 Å². The van der Waals surface area contributed by atoms with Crippen LogP contribution in [0.4, 0.5) is 5.69 Å². The van der Waals surface area contributed by atoms with E-state index >= 15 is 0 Å². The van der Waals surface area contributed by atoms with Gasteiger partial charge in [-0.3, -0.25) is 0 Å². The average Bonchev–Trinajstić information content (AvgIpc) is 2.97. The summed E-state index contributed by atoms with van der Waals surface area (Å²) >= 11 is 6.92. The predicted molar refractivity (Wildman–Crippen MR) is 108 cm³/mol. The van der Waals surface area contributed by atoms with Crippen LogP contribution in [0.15, 0.2) is 42.5 Å². The van der Waals surface area contributed by atoms with Crippen molar-refractivity contribution < 1.29 is 5.11 Å². The van der Waals surface area contributed by atoms with Crippen molar-refractivity contribution in [2.75, 3.05) is 18.5 Å². The lowest BCUT2D eigenvalue weighted by Gasteiger charge is -2.10. The minimum absolute atomic E-state index is 0.148. The number of benzene rings is 2. The van der Waals surface area contributed by atoms with Gasteiger partial charge in [0.2, 0.25) is 0 Å². The average molecular weight is 368 g/mol. The van der Waals surface area contributed by atoms with Crippen molar-refractivity contribution in [3.05, 3.63) is 42.5 Å². The lowest BCUT2D eigenvalue weighted by molar-refractivity contribution is 0.289. The number of rotatable bonds is 4. The van der Waals surface area contributed by atoms with E-state index in [4.69, 9.17) is 27.3 Å². The summed E-state index contributed by atoms with van der Waals surface area (Å²) < 4.78 is 1.15. The van der Waals surface area contributed by atoms with Gasteiger partial charge in [0.05, 0.1) is 11.0 Å². The zero-order chi connectivity index (χ0) is 17.2. The van der Waals surface area contributed by atoms with Crippen molar-refractivity contribution in [3.63, 3.8) is 0 Å². The number of anilines is 1. The van der Waals surface area contributed by atoms with Crippen LogP contribution in [0.2, 0.25) is 0 Å². The summed E-state index contributed by atoms with van der Waals surface area (Å²) in [6.07, 6.45) is 0.665. The number of thiophene rings is 1. The van der Waals surface area contributed by atoms with Crippen LogP contribution in [-0.2, 0) is 0 Å². The highest BCUT2D eigenvalue weighted by atomic mass is 32.1. The van der Waals surface area contributed by atoms with E-state index in [1.54, 1.807) is 11.3 Å². The Balaban J connectivity index is 1.70. The fraction of sp³-hybridized carbons (Fsp3) is 0.167. The number of para-hydroxylation sites is 2. The number of hydrogen-bond acceptors (Lipinski definition) is 5. The van der Waals surface area contributed by atoms with Crippen LogP contribution in [0, 0.1) is 0 Å². The number of fused-ring (bicyclic) bond motifs is 4. The second-order valence-electron chi connectivity index (χ2n) is 5.64. The molecule has 2 aromatic carbocycles. The molecule has 0 radical (unpaired) electrons. The Morgan fingerprint density at radius 3 is 2.72 bits per heavy atom. The fourth-order valence-corrected chi connectivity index (χ4v) is 3.90. The molecule has 0 saturated carbocycles. The Morgan fingerprint density at radius 2 is 1.92 bits per heavy atom. The van der Waals surface area contributed by atoms with Crippen LogP contribution in [0.3, 0.4) is 0 Å². The maximum absolute atomic E-state index is 8.82. The zero-order valence-corrected chi connectivity index (χ0v) is 15.0. The Bertz CT molecular complexity index is 1080. The molecule has 2 heterocycles. The van der Waals surface area contributed by atoms with Crippen LogP contribution in [0.5, 0.6) is 0 Å². The molecule has 0 saturated heterocycles. The molecule has 5 nitrogen and oxygen atoms in total. The van der Waals surface area contributed by atoms with Crippen LogP contribution in [-0.4, -0.2) is 33.3 Å². The number of nitrogens with one attached hydrogen (secondary N) is 2. The smallest absolute Gasteiger partial charge is 0.170 e. The van der Waals surface area contributed by atoms with Crippen molar-refractivity contribution >= 4 is 65.8 Å². The van der Waals surface area contributed by atoms with Crippen LogP contribution < -0.4 is 10.6 Å². The summed E-state index contributed by atoms with van der Waals surface area (Å²) in [4.78, 5) is 10.5. The zero-order valence-electron chi connectivity index (χ0n) is 13.3. The van der Waals surface area contributed by atoms with Crippen LogP contribution >= 0.6 is 23.6 Å². The van der Waals surface area contributed by atoms with E-state index < -0.39 is 0 Å². The Kier molecular flexibility index (Phi) is 4.44. The highest BCUT2D eigenvalue weighted by Gasteiger charge is 2.10. The first-order valence-electron chi connectivity index (χ1n) is 7.99. The number of aliphatic hydroxyl groups excluding tert-OH is 1. The SMILES string of the molecule is OCCCNC(=S)Nc1ccc2sc3nc4ccccc4nc3c2c1. The van der Waals surface area contributed by atoms with Gasteiger partial charge in [-0.2, -0.15) is 0 Å². The van der Waals surface area contributed by atoms with Crippen molar-refractivity contribution in [2.24, 2.45) is 0 Å². The third-order valence-electron chi connectivity index (χ3n) is 3.86. The third-order valence-corrected chi connectivity index (χ3v) is 5.16. The number of hydrogen-bond donors (Lipinski definition) is 3. The number of aromatic nitrogens is 2. The molecule has 0 aliphatic heterocycles. The molecule has 2 aromatic heterocycles. The maximum atomic E-state index is 8.82. The van der Waals surface area contributed by atoms with Crippen molar-refractivity contribution in [1.29, 1.82) is 0 Å². The van der Waals surface area contributed by atoms with Gasteiger partial charge in [0.25, 0.3) is 0 Å². The third kappa shape index (κ3) is 3.26. The molecular weight excluding hydrogens is 352 g/mol. The number of thiocarbonyl (C=S) groups is 1. The molecule has 0 aliphatic rings. The van der Waals surface area contributed by atoms with Gasteiger partial charge in [-0.05, 0) is 49.0 Å². The summed E-state index contributed by atoms with van der Waals surface area (Å²) in [5, 5.41) is 16.7. The van der Waals surface area contributed by atoms with Gasteiger partial charge in [0.15, 0.2) is 5.11 Å². The monoisotopic (exact) mass is 368 g/mol. The standard InChI is InChI=1S/C18H16N4OS2/c23-9-3-8-19-18(24)20-11-6-7-15-12(10-11)16-17(25-15)22-14-5-2-1-4-13(14)21-16/h1-2,4-7,10,23H,3,8-9H2,(H2,19,20,24). The summed E-state index contributed by atoms with van der Waals surface area (Å²) in [7, 11) is 0. The Hall–Kier alpha value is -2.35. The van der Waals surface area contributed by atoms with Crippen LogP contribution in [0.25, 0.3) is 31.5 Å². The first-order chi connectivity index (χ1) is 12.2. The summed E-state index contributed by atoms with van der Waals surface area (Å²) in [5.41, 5.74) is 3.63. The van der Waals surface area contributed by atoms with Gasteiger partial charge in [-0.1, -0.05) is 12.1 Å². The van der Waals surface area contributed by atoms with Gasteiger partial charge in [0.1, 0.15) is 10.3 Å². The van der Waals surface area contributed by atoms with E-state index in [-0.39, 0.29) is 6.61 Å². The molecule has 0 atom stereocenters. The molecule has 0 aliphatic carbocycles. The van der Waals surface area contributed by atoms with E-state index in [9.17, 15) is 0 Å². The van der Waals surface area contributed by atoms with E-state index in [0.717, 1.165) is 37.2 Å². The fourth-order valence-electron chi connectivity index (χ4n) is 2.67. The Morgan fingerprint density at radius 1 is 1.12 bits per heavy atom. The first kappa shape index (κ1) is 16.1. The normalized spacial score (nSPS) is 11.2. The molecule has 0 bridgehead atoms. The molecular formula is C18H16N4OS2. The Labute approximate surface area is 153 Å². The van der Waals surface area contributed by atoms with Gasteiger partial charge in [0, 0.05) is 28.9 Å². The molecule has 4 aromatic rings. The van der Waals surface area contributed by atoms with Crippen molar-refractivity contribution in [1.82, 2.24) is 15.3 Å². The topological polar surface area (TPSA) is 70.1 Å². The summed E-state index contributed by atoms with van der Waals surface area (Å²) in [6, 6.07) is 14.0. The minimum Gasteiger partial charge on any atom is -0.396 e. The number of nitrogens with zero attached hydrogens (tertiary/aromatic N) is 2. The highest BCUT2D eigenvalue weighted by Crippen LogP contribution is 2.34. The highest BCUT2D eigenvalue weighted by molar-refractivity contribution is 7.80. The second-order valence-corrected chi connectivity index (χ2v) is 7.08. The van der Waals surface area contributed by atoms with Gasteiger partial charge in [-0.25, -0.2) is 9.97 Å². The maximum Gasteiger partial charge on any atom is 0.170 e. The lowest BCUT2D eigenvalue weighted by atomic mass is 10.2. The van der Waals surface area contributed by atoms with Crippen LogP contribution in [0.1, 0.15) is 6.42 Å². The lowest BCUT2D eigenvalue weighted by Crippen LogP contribution is -2.29. The molecule has 0 spiro atoms. The quantitative estimate of drug-likeness (QED) is 0.377. The largest absolute Gasteiger partial charge is 0.396 e. The van der Waals surface area contributed by atoms with Gasteiger partial charge >= 0.3 is 0 Å². The van der Waals surface area contributed by atoms with Crippen molar-refractivity contribution in [2.45, 2.75) is 6.42 Å². The molecule has 25 heavy (non-hydrogen) atoms. The summed E-state index contributed by atoms with van der Waals surface area (Å²) in [6.45, 7) is 0.790. The van der Waals surface area contributed by atoms with E-state index in [0.29, 0.717) is 18.1 Å². The molecule has 0 amide bonds. The van der Waals surface area contributed by atoms with E-state index in [2.05, 4.69) is 22.8 Å². The van der Waals surface area contributed by atoms with E-state index in [1.807, 2.05) is 30.3 Å². The molecule has 0 fully saturated rings. The molecule has 3 N–H and O–H groups in total. The number of aliphatic hydroxyl groups is 1. The van der Waals surface area contributed by atoms with Gasteiger partial charge in [-0.15, -0.1) is 11.3 Å². The minimum atomic E-state index is 0.148. The molecule has 0 unspecified atom stereocenters. The second kappa shape index (κ2) is 6.87. The van der Waals surface area contributed by atoms with E-state index in [1.165, 1.54) is 0 Å². The molecule has 126 valence electrons. The molecule has 4 rings (SSSR count). The predicted octanol–water partition coefficient (Wildman–Crippen LogP) is 3.67. The molecule has 7 heteroatoms.